The maximum Gasteiger partial charge on any atom is 0.329 e. The Morgan fingerprint density at radius 3 is 2.47 bits per heavy atom. The minimum atomic E-state index is -1.20. The smallest absolute Gasteiger partial charge is 0.329 e. The molecular weight excluding hydrogens is 384 g/mol. The van der Waals surface area contributed by atoms with Crippen molar-refractivity contribution < 1.29 is 19.1 Å². The molecule has 2 amide bonds. The van der Waals surface area contributed by atoms with E-state index in [9.17, 15) is 14.4 Å². The van der Waals surface area contributed by atoms with E-state index >= 15 is 0 Å². The van der Waals surface area contributed by atoms with E-state index < -0.39 is 29.9 Å². The van der Waals surface area contributed by atoms with Crippen molar-refractivity contribution in [2.75, 3.05) is 0 Å². The molecule has 30 heavy (non-hydrogen) atoms. The van der Waals surface area contributed by atoms with E-state index in [0.29, 0.717) is 0 Å². The Hall–Kier alpha value is -3.65. The summed E-state index contributed by atoms with van der Waals surface area (Å²) in [5.74, 6) is -2.05. The van der Waals surface area contributed by atoms with Crippen molar-refractivity contribution in [3.63, 3.8) is 0 Å². The van der Waals surface area contributed by atoms with Crippen LogP contribution in [0.1, 0.15) is 17.5 Å². The van der Waals surface area contributed by atoms with Crippen LogP contribution < -0.4 is 16.8 Å². The molecule has 0 fully saturated rings. The summed E-state index contributed by atoms with van der Waals surface area (Å²) in [6.45, 7) is 0.0200. The topological polar surface area (TPSA) is 140 Å². The van der Waals surface area contributed by atoms with Crippen LogP contribution >= 0.6 is 0 Å². The lowest BCUT2D eigenvalue weighted by Gasteiger charge is -2.19. The summed E-state index contributed by atoms with van der Waals surface area (Å²) in [5.41, 5.74) is 13.9. The number of ether oxygens (including phenoxy) is 1. The van der Waals surface area contributed by atoms with Crippen LogP contribution in [0, 0.1) is 0 Å². The number of hydrogen-bond acceptors (Lipinski definition) is 5. The zero-order valence-electron chi connectivity index (χ0n) is 16.3. The molecule has 0 spiro atoms. The minimum Gasteiger partial charge on any atom is -0.459 e. The molecule has 3 aromatic rings. The summed E-state index contributed by atoms with van der Waals surface area (Å²) in [5, 5.41) is 3.46. The average Bonchev–Trinajstić information content (AvgIpc) is 3.14. The van der Waals surface area contributed by atoms with Crippen LogP contribution in [0.3, 0.4) is 0 Å². The first-order valence-electron chi connectivity index (χ1n) is 9.54. The van der Waals surface area contributed by atoms with E-state index in [1.807, 2.05) is 42.5 Å². The van der Waals surface area contributed by atoms with Gasteiger partial charge in [0.05, 0.1) is 12.5 Å². The number of fused-ring (bicyclic) bond motifs is 1. The van der Waals surface area contributed by atoms with Crippen LogP contribution in [-0.2, 0) is 32.1 Å². The summed E-state index contributed by atoms with van der Waals surface area (Å²) < 4.78 is 5.23. The molecule has 1 aromatic heterocycles. The summed E-state index contributed by atoms with van der Waals surface area (Å²) in [7, 11) is 0. The molecule has 3 rings (SSSR count). The first-order valence-corrected chi connectivity index (χ1v) is 9.54. The second kappa shape index (κ2) is 9.71. The number of primary amides is 1. The summed E-state index contributed by atoms with van der Waals surface area (Å²) in [6.07, 6.45) is 1.68. The molecule has 0 aliphatic heterocycles. The van der Waals surface area contributed by atoms with Gasteiger partial charge in [-0.1, -0.05) is 48.5 Å². The fourth-order valence-electron chi connectivity index (χ4n) is 3.13. The van der Waals surface area contributed by atoms with Gasteiger partial charge in [0.25, 0.3) is 0 Å². The largest absolute Gasteiger partial charge is 0.459 e. The molecule has 2 unspecified atom stereocenters. The van der Waals surface area contributed by atoms with Crippen LogP contribution in [0.5, 0.6) is 0 Å². The fraction of sp³-hybridized carbons (Fsp3) is 0.227. The van der Waals surface area contributed by atoms with Crippen LogP contribution in [0.2, 0.25) is 0 Å². The minimum absolute atomic E-state index is 0.0200. The van der Waals surface area contributed by atoms with Gasteiger partial charge in [-0.25, -0.2) is 4.79 Å². The van der Waals surface area contributed by atoms with Crippen molar-refractivity contribution in [1.82, 2.24) is 10.3 Å². The molecule has 0 aliphatic carbocycles. The van der Waals surface area contributed by atoms with Crippen LogP contribution in [0.15, 0.2) is 60.8 Å². The Morgan fingerprint density at radius 1 is 1.03 bits per heavy atom. The highest BCUT2D eigenvalue weighted by Gasteiger charge is 2.27. The maximum absolute atomic E-state index is 12.6. The summed E-state index contributed by atoms with van der Waals surface area (Å²) >= 11 is 0. The third kappa shape index (κ3) is 5.45. The zero-order chi connectivity index (χ0) is 21.5. The quantitative estimate of drug-likeness (QED) is 0.393. The number of carbonyl (C=O) groups is 3. The Bertz CT molecular complexity index is 1030. The zero-order valence-corrected chi connectivity index (χ0v) is 16.3. The van der Waals surface area contributed by atoms with Gasteiger partial charge in [-0.05, 0) is 23.6 Å². The van der Waals surface area contributed by atoms with Crippen LogP contribution in [0.25, 0.3) is 10.9 Å². The van der Waals surface area contributed by atoms with Crippen molar-refractivity contribution >= 4 is 28.7 Å². The lowest BCUT2D eigenvalue weighted by molar-refractivity contribution is -0.150. The van der Waals surface area contributed by atoms with Crippen molar-refractivity contribution in [2.45, 2.75) is 31.5 Å². The van der Waals surface area contributed by atoms with Crippen molar-refractivity contribution in [2.24, 2.45) is 11.5 Å². The molecule has 8 nitrogen and oxygen atoms in total. The second-order valence-electron chi connectivity index (χ2n) is 7.00. The molecular formula is C22H24N4O4. The Kier molecular flexibility index (Phi) is 6.82. The number of aromatic amines is 1. The monoisotopic (exact) mass is 408 g/mol. The Morgan fingerprint density at radius 2 is 1.73 bits per heavy atom. The number of carbonyl (C=O) groups excluding carboxylic acids is 3. The molecule has 1 heterocycles. The standard InChI is InChI=1S/C22H24N4O4/c23-17(10-15-12-25-18-9-5-4-8-16(15)18)21(28)26-19(11-20(24)27)22(29)30-13-14-6-2-1-3-7-14/h1-9,12,17,19,25H,10-11,13,23H2,(H2,24,27)(H,26,28). The number of esters is 1. The van der Waals surface area contributed by atoms with E-state index in [-0.39, 0.29) is 19.4 Å². The van der Waals surface area contributed by atoms with Gasteiger partial charge in [0, 0.05) is 17.1 Å². The molecule has 0 aliphatic rings. The van der Waals surface area contributed by atoms with Gasteiger partial charge < -0.3 is 26.5 Å². The van der Waals surface area contributed by atoms with Gasteiger partial charge in [0.15, 0.2) is 0 Å². The highest BCUT2D eigenvalue weighted by atomic mass is 16.5. The molecule has 2 atom stereocenters. The first kappa shape index (κ1) is 21.1. The lowest BCUT2D eigenvalue weighted by atomic mass is 10.0. The number of H-pyrrole nitrogens is 1. The van der Waals surface area contributed by atoms with Crippen LogP contribution in [-0.4, -0.2) is 34.9 Å². The van der Waals surface area contributed by atoms with E-state index in [4.69, 9.17) is 16.2 Å². The maximum atomic E-state index is 12.6. The number of para-hydroxylation sites is 1. The highest BCUT2D eigenvalue weighted by Crippen LogP contribution is 2.18. The van der Waals surface area contributed by atoms with Gasteiger partial charge in [0.1, 0.15) is 12.6 Å². The summed E-state index contributed by atoms with van der Waals surface area (Å²) in [4.78, 5) is 39.5. The van der Waals surface area contributed by atoms with Crippen molar-refractivity contribution in [1.29, 1.82) is 0 Å². The molecule has 0 bridgehead atoms. The van der Waals surface area contributed by atoms with Crippen molar-refractivity contribution in [3.05, 3.63) is 71.9 Å². The van der Waals surface area contributed by atoms with Gasteiger partial charge in [-0.3, -0.25) is 9.59 Å². The average molecular weight is 408 g/mol. The number of nitrogens with one attached hydrogen (secondary N) is 2. The van der Waals surface area contributed by atoms with Gasteiger partial charge >= 0.3 is 5.97 Å². The first-order chi connectivity index (χ1) is 14.4. The number of nitrogens with two attached hydrogens (primary N) is 2. The van der Waals surface area contributed by atoms with E-state index in [1.54, 1.807) is 18.3 Å². The SMILES string of the molecule is NC(=O)CC(NC(=O)C(N)Cc1c[nH]c2ccccc12)C(=O)OCc1ccccc1. The van der Waals surface area contributed by atoms with Gasteiger partial charge in [-0.15, -0.1) is 0 Å². The molecule has 0 saturated heterocycles. The third-order valence-corrected chi connectivity index (χ3v) is 4.68. The molecule has 156 valence electrons. The highest BCUT2D eigenvalue weighted by molar-refractivity contribution is 5.91. The lowest BCUT2D eigenvalue weighted by Crippen LogP contribution is -2.50. The molecule has 0 radical (unpaired) electrons. The predicted molar refractivity (Wildman–Crippen MR) is 112 cm³/mol. The number of hydrogen-bond donors (Lipinski definition) is 4. The number of aromatic nitrogens is 1. The van der Waals surface area contributed by atoms with Gasteiger partial charge in [0.2, 0.25) is 11.8 Å². The molecule has 6 N–H and O–H groups in total. The second-order valence-corrected chi connectivity index (χ2v) is 7.00. The van der Waals surface area contributed by atoms with E-state index in [0.717, 1.165) is 22.0 Å². The predicted octanol–water partition coefficient (Wildman–Crippen LogP) is 1.14. The molecule has 8 heteroatoms. The fourth-order valence-corrected chi connectivity index (χ4v) is 3.13. The summed E-state index contributed by atoms with van der Waals surface area (Å²) in [6, 6.07) is 14.6. The van der Waals surface area contributed by atoms with E-state index in [1.165, 1.54) is 0 Å². The molecule has 2 aromatic carbocycles. The molecule has 0 saturated carbocycles. The van der Waals surface area contributed by atoms with Crippen molar-refractivity contribution in [3.8, 4) is 0 Å². The third-order valence-electron chi connectivity index (χ3n) is 4.68. The number of rotatable bonds is 9. The Labute approximate surface area is 173 Å². The van der Waals surface area contributed by atoms with Gasteiger partial charge in [-0.2, -0.15) is 0 Å². The Balaban J connectivity index is 1.62. The number of benzene rings is 2. The van der Waals surface area contributed by atoms with Crippen LogP contribution in [0.4, 0.5) is 0 Å². The van der Waals surface area contributed by atoms with E-state index in [2.05, 4.69) is 10.3 Å². The normalized spacial score (nSPS) is 12.8. The number of amides is 2.